The van der Waals surface area contributed by atoms with Gasteiger partial charge in [0.2, 0.25) is 11.5 Å². The zero-order chi connectivity index (χ0) is 13.9. The number of aromatic nitrogens is 1. The molecule has 4 nitrogen and oxygen atoms in total. The first-order chi connectivity index (χ1) is 9.74. The highest BCUT2D eigenvalue weighted by Crippen LogP contribution is 2.32. The fourth-order valence-electron chi connectivity index (χ4n) is 2.53. The molecule has 20 heavy (non-hydrogen) atoms. The minimum absolute atomic E-state index is 0.100. The number of amides is 1. The normalized spacial score (nSPS) is 17.6. The predicted octanol–water partition coefficient (Wildman–Crippen LogP) is 1.89. The molecule has 1 N–H and O–H groups in total. The summed E-state index contributed by atoms with van der Waals surface area (Å²) in [5.74, 6) is 0.138. The van der Waals surface area contributed by atoms with Crippen molar-refractivity contribution >= 4 is 5.91 Å². The van der Waals surface area contributed by atoms with Gasteiger partial charge in [-0.1, -0.05) is 36.4 Å². The summed E-state index contributed by atoms with van der Waals surface area (Å²) >= 11 is 0. The number of H-pyrrole nitrogens is 1. The minimum atomic E-state index is -0.116. The second-order valence-electron chi connectivity index (χ2n) is 5.04. The first-order valence-electron chi connectivity index (χ1n) is 6.76. The fraction of sp³-hybridized carbons (Fsp3) is 0.250. The second-order valence-corrected chi connectivity index (χ2v) is 5.04. The molecule has 1 aromatic carbocycles. The van der Waals surface area contributed by atoms with Gasteiger partial charge in [-0.2, -0.15) is 0 Å². The number of nitrogens with zero attached hydrogens (tertiary/aromatic N) is 1. The van der Waals surface area contributed by atoms with Crippen LogP contribution in [0, 0.1) is 0 Å². The van der Waals surface area contributed by atoms with Crippen molar-refractivity contribution in [2.75, 3.05) is 6.54 Å². The monoisotopic (exact) mass is 268 g/mol. The van der Waals surface area contributed by atoms with Gasteiger partial charge in [-0.25, -0.2) is 0 Å². The first-order valence-corrected chi connectivity index (χ1v) is 6.76. The number of pyridine rings is 1. The van der Waals surface area contributed by atoms with Crippen LogP contribution in [0.15, 0.2) is 53.5 Å². The predicted molar refractivity (Wildman–Crippen MR) is 76.3 cm³/mol. The third-order valence-electron chi connectivity index (χ3n) is 3.73. The fourth-order valence-corrected chi connectivity index (χ4v) is 2.53. The van der Waals surface area contributed by atoms with Gasteiger partial charge in [0.05, 0.1) is 12.5 Å². The van der Waals surface area contributed by atoms with Gasteiger partial charge < -0.3 is 9.88 Å². The molecule has 1 amide bonds. The lowest BCUT2D eigenvalue weighted by atomic mass is 9.95. The second kappa shape index (κ2) is 5.33. The molecule has 1 fully saturated rings. The molecule has 2 aromatic rings. The van der Waals surface area contributed by atoms with Crippen LogP contribution in [-0.2, 0) is 11.2 Å². The van der Waals surface area contributed by atoms with Gasteiger partial charge in [-0.3, -0.25) is 9.59 Å². The van der Waals surface area contributed by atoms with E-state index in [1.165, 1.54) is 6.07 Å². The maximum atomic E-state index is 12.3. The van der Waals surface area contributed by atoms with Gasteiger partial charge in [0.1, 0.15) is 0 Å². The standard InChI is InChI=1S/C16H16N2O2/c19-15-7-6-13(11-17-15)14-8-9-18(14)16(20)10-12-4-2-1-3-5-12/h1-7,11,14H,8-10H2,(H,17,19). The first kappa shape index (κ1) is 12.7. The molecule has 3 rings (SSSR count). The van der Waals surface area contributed by atoms with Gasteiger partial charge >= 0.3 is 0 Å². The molecular weight excluding hydrogens is 252 g/mol. The number of carbonyl (C=O) groups is 1. The van der Waals surface area contributed by atoms with Gasteiger partial charge in [0, 0.05) is 18.8 Å². The van der Waals surface area contributed by atoms with Crippen molar-refractivity contribution in [3.63, 3.8) is 0 Å². The van der Waals surface area contributed by atoms with E-state index in [1.54, 1.807) is 12.3 Å². The lowest BCUT2D eigenvalue weighted by molar-refractivity contribution is -0.138. The molecule has 1 aliphatic heterocycles. The van der Waals surface area contributed by atoms with Crippen LogP contribution < -0.4 is 5.56 Å². The highest BCUT2D eigenvalue weighted by atomic mass is 16.2. The molecule has 0 radical (unpaired) electrons. The topological polar surface area (TPSA) is 53.2 Å². The number of carbonyl (C=O) groups excluding carboxylic acids is 1. The largest absolute Gasteiger partial charge is 0.335 e. The summed E-state index contributed by atoms with van der Waals surface area (Å²) < 4.78 is 0. The van der Waals surface area contributed by atoms with E-state index < -0.39 is 0 Å². The van der Waals surface area contributed by atoms with Gasteiger partial charge in [0.25, 0.3) is 0 Å². The number of likely N-dealkylation sites (tertiary alicyclic amines) is 1. The Bertz CT molecular complexity index is 643. The van der Waals surface area contributed by atoms with Crippen molar-refractivity contribution in [3.05, 3.63) is 70.1 Å². The Morgan fingerprint density at radius 1 is 1.20 bits per heavy atom. The van der Waals surface area contributed by atoms with Crippen molar-refractivity contribution in [3.8, 4) is 0 Å². The van der Waals surface area contributed by atoms with E-state index in [4.69, 9.17) is 0 Å². The molecule has 1 unspecified atom stereocenters. The molecule has 4 heteroatoms. The Hall–Kier alpha value is -2.36. The highest BCUT2D eigenvalue weighted by molar-refractivity contribution is 5.80. The summed E-state index contributed by atoms with van der Waals surface area (Å²) in [5, 5.41) is 0. The molecule has 102 valence electrons. The lowest BCUT2D eigenvalue weighted by Gasteiger charge is -2.41. The molecule has 0 bridgehead atoms. The smallest absolute Gasteiger partial charge is 0.247 e. The number of nitrogens with one attached hydrogen (secondary N) is 1. The van der Waals surface area contributed by atoms with E-state index in [9.17, 15) is 9.59 Å². The van der Waals surface area contributed by atoms with Crippen LogP contribution in [0.4, 0.5) is 0 Å². The summed E-state index contributed by atoms with van der Waals surface area (Å²) in [6, 6.07) is 13.2. The Labute approximate surface area is 117 Å². The molecule has 1 atom stereocenters. The van der Waals surface area contributed by atoms with Crippen molar-refractivity contribution in [1.82, 2.24) is 9.88 Å². The van der Waals surface area contributed by atoms with Crippen LogP contribution >= 0.6 is 0 Å². The Kier molecular flexibility index (Phi) is 3.37. The molecule has 0 aliphatic carbocycles. The third kappa shape index (κ3) is 2.50. The highest BCUT2D eigenvalue weighted by Gasteiger charge is 2.33. The van der Waals surface area contributed by atoms with E-state index >= 15 is 0 Å². The number of hydrogen-bond acceptors (Lipinski definition) is 2. The quantitative estimate of drug-likeness (QED) is 0.924. The molecular formula is C16H16N2O2. The minimum Gasteiger partial charge on any atom is -0.335 e. The Morgan fingerprint density at radius 2 is 2.00 bits per heavy atom. The average Bonchev–Trinajstić information content (AvgIpc) is 2.41. The van der Waals surface area contributed by atoms with Gasteiger partial charge in [-0.15, -0.1) is 0 Å². The van der Waals surface area contributed by atoms with E-state index in [1.807, 2.05) is 35.2 Å². The summed E-state index contributed by atoms with van der Waals surface area (Å²) in [7, 11) is 0. The van der Waals surface area contributed by atoms with Gasteiger partial charge in [0.15, 0.2) is 0 Å². The average molecular weight is 268 g/mol. The molecule has 0 saturated carbocycles. The number of benzene rings is 1. The maximum Gasteiger partial charge on any atom is 0.247 e. The van der Waals surface area contributed by atoms with Gasteiger partial charge in [-0.05, 0) is 17.5 Å². The van der Waals surface area contributed by atoms with Crippen LogP contribution in [0.25, 0.3) is 0 Å². The van der Waals surface area contributed by atoms with Crippen LogP contribution in [0.2, 0.25) is 0 Å². The van der Waals surface area contributed by atoms with Crippen molar-refractivity contribution in [2.45, 2.75) is 18.9 Å². The Balaban J connectivity index is 1.70. The third-order valence-corrected chi connectivity index (χ3v) is 3.73. The maximum absolute atomic E-state index is 12.3. The zero-order valence-corrected chi connectivity index (χ0v) is 11.1. The molecule has 0 spiro atoms. The van der Waals surface area contributed by atoms with E-state index in [-0.39, 0.29) is 17.5 Å². The van der Waals surface area contributed by atoms with E-state index in [0.717, 1.165) is 24.1 Å². The SMILES string of the molecule is O=C(Cc1ccccc1)N1CCC1c1ccc(=O)[nH]c1. The van der Waals surface area contributed by atoms with Crippen molar-refractivity contribution in [1.29, 1.82) is 0 Å². The van der Waals surface area contributed by atoms with Crippen LogP contribution in [0.5, 0.6) is 0 Å². The molecule has 1 aliphatic rings. The van der Waals surface area contributed by atoms with E-state index in [2.05, 4.69) is 4.98 Å². The van der Waals surface area contributed by atoms with Crippen molar-refractivity contribution < 1.29 is 4.79 Å². The molecule has 1 aromatic heterocycles. The molecule has 2 heterocycles. The van der Waals surface area contributed by atoms with E-state index in [0.29, 0.717) is 6.42 Å². The van der Waals surface area contributed by atoms with Crippen LogP contribution in [-0.4, -0.2) is 22.3 Å². The lowest BCUT2D eigenvalue weighted by Crippen LogP contribution is -2.45. The van der Waals surface area contributed by atoms with Crippen LogP contribution in [0.3, 0.4) is 0 Å². The van der Waals surface area contributed by atoms with Crippen LogP contribution in [0.1, 0.15) is 23.6 Å². The number of hydrogen-bond donors (Lipinski definition) is 1. The zero-order valence-electron chi connectivity index (χ0n) is 11.1. The summed E-state index contributed by atoms with van der Waals surface area (Å²) in [6.45, 7) is 0.787. The molecule has 1 saturated heterocycles. The number of rotatable bonds is 3. The summed E-state index contributed by atoms with van der Waals surface area (Å²) in [4.78, 5) is 27.9. The van der Waals surface area contributed by atoms with Crippen molar-refractivity contribution in [2.24, 2.45) is 0 Å². The Morgan fingerprint density at radius 3 is 2.60 bits per heavy atom. The summed E-state index contributed by atoms with van der Waals surface area (Å²) in [6.07, 6.45) is 3.09. The number of aromatic amines is 1. The summed E-state index contributed by atoms with van der Waals surface area (Å²) in [5.41, 5.74) is 1.91.